The van der Waals surface area contributed by atoms with Gasteiger partial charge >= 0.3 is 6.36 Å². The third kappa shape index (κ3) is 4.48. The number of nitrogens with zero attached hydrogens (tertiary/aromatic N) is 4. The lowest BCUT2D eigenvalue weighted by atomic mass is 10.3. The van der Waals surface area contributed by atoms with Crippen molar-refractivity contribution >= 4 is 15.8 Å². The molecule has 0 bridgehead atoms. The van der Waals surface area contributed by atoms with Gasteiger partial charge in [0.1, 0.15) is 10.6 Å². The van der Waals surface area contributed by atoms with Gasteiger partial charge in [-0.1, -0.05) is 12.1 Å². The number of aryl methyl sites for hydroxylation is 1. The van der Waals surface area contributed by atoms with Gasteiger partial charge in [-0.2, -0.15) is 9.40 Å². The fraction of sp³-hybridized carbons (Fsp3) is 0.375. The number of rotatable bonds is 4. The molecule has 1 aliphatic heterocycles. The van der Waals surface area contributed by atoms with E-state index in [0.29, 0.717) is 18.9 Å². The highest BCUT2D eigenvalue weighted by Gasteiger charge is 2.36. The predicted molar refractivity (Wildman–Crippen MR) is 90.9 cm³/mol. The van der Waals surface area contributed by atoms with Crippen LogP contribution in [0.5, 0.6) is 5.75 Å². The summed E-state index contributed by atoms with van der Waals surface area (Å²) < 4.78 is 68.4. The summed E-state index contributed by atoms with van der Waals surface area (Å²) in [5.41, 5.74) is 0.765. The number of sulfonamides is 1. The lowest BCUT2D eigenvalue weighted by Gasteiger charge is -2.34. The van der Waals surface area contributed by atoms with Crippen molar-refractivity contribution in [1.29, 1.82) is 0 Å². The molecule has 3 rings (SSSR count). The summed E-state index contributed by atoms with van der Waals surface area (Å²) in [5, 5.41) is 8.03. The van der Waals surface area contributed by atoms with Gasteiger partial charge in [0.25, 0.3) is 0 Å². The number of para-hydroxylation sites is 1. The summed E-state index contributed by atoms with van der Waals surface area (Å²) >= 11 is 0. The third-order valence-corrected chi connectivity index (χ3v) is 5.98. The summed E-state index contributed by atoms with van der Waals surface area (Å²) in [6.45, 7) is 2.72. The average molecular weight is 402 g/mol. The molecule has 1 aromatic carbocycles. The zero-order valence-electron chi connectivity index (χ0n) is 14.3. The Balaban J connectivity index is 1.77. The number of piperazine rings is 1. The summed E-state index contributed by atoms with van der Waals surface area (Å²) in [7, 11) is -4.13. The molecule has 0 unspecified atom stereocenters. The summed E-state index contributed by atoms with van der Waals surface area (Å²) in [5.74, 6) is -0.115. The van der Waals surface area contributed by atoms with Crippen molar-refractivity contribution in [2.45, 2.75) is 18.2 Å². The summed E-state index contributed by atoms with van der Waals surface area (Å²) in [6, 6.07) is 8.32. The van der Waals surface area contributed by atoms with Crippen LogP contribution in [0.15, 0.2) is 41.3 Å². The van der Waals surface area contributed by atoms with Crippen LogP contribution in [-0.2, 0) is 10.0 Å². The molecule has 11 heteroatoms. The molecule has 2 heterocycles. The zero-order valence-corrected chi connectivity index (χ0v) is 15.2. The first-order valence-electron chi connectivity index (χ1n) is 8.07. The van der Waals surface area contributed by atoms with Crippen LogP contribution >= 0.6 is 0 Å². The molecule has 0 radical (unpaired) electrons. The van der Waals surface area contributed by atoms with Crippen molar-refractivity contribution in [2.24, 2.45) is 0 Å². The van der Waals surface area contributed by atoms with Crippen LogP contribution in [0.4, 0.5) is 19.0 Å². The molecule has 2 aromatic rings. The molecular formula is C16H17F3N4O3S. The number of ether oxygens (including phenoxy) is 1. The largest absolute Gasteiger partial charge is 0.573 e. The Hall–Kier alpha value is -2.40. The average Bonchev–Trinajstić information content (AvgIpc) is 2.61. The Morgan fingerprint density at radius 2 is 1.67 bits per heavy atom. The molecular weight excluding hydrogens is 385 g/mol. The van der Waals surface area contributed by atoms with Crippen molar-refractivity contribution in [1.82, 2.24) is 14.5 Å². The van der Waals surface area contributed by atoms with Gasteiger partial charge in [0, 0.05) is 26.2 Å². The van der Waals surface area contributed by atoms with Gasteiger partial charge in [0.05, 0.1) is 5.69 Å². The van der Waals surface area contributed by atoms with Gasteiger partial charge in [-0.15, -0.1) is 18.3 Å². The van der Waals surface area contributed by atoms with Gasteiger partial charge in [0.2, 0.25) is 10.0 Å². The van der Waals surface area contributed by atoms with Crippen molar-refractivity contribution in [2.75, 3.05) is 31.1 Å². The molecule has 0 aliphatic carbocycles. The Kier molecular flexibility index (Phi) is 5.24. The van der Waals surface area contributed by atoms with E-state index in [1.807, 2.05) is 11.8 Å². The minimum atomic E-state index is -4.98. The first-order valence-corrected chi connectivity index (χ1v) is 9.51. The van der Waals surface area contributed by atoms with Gasteiger partial charge < -0.3 is 9.64 Å². The van der Waals surface area contributed by atoms with Crippen molar-refractivity contribution < 1.29 is 26.3 Å². The fourth-order valence-electron chi connectivity index (χ4n) is 2.73. The second kappa shape index (κ2) is 7.31. The van der Waals surface area contributed by atoms with Crippen LogP contribution in [-0.4, -0.2) is 55.5 Å². The number of aromatic nitrogens is 2. The molecule has 0 atom stereocenters. The lowest BCUT2D eigenvalue weighted by molar-refractivity contribution is -0.275. The molecule has 0 saturated carbocycles. The molecule has 0 spiro atoms. The van der Waals surface area contributed by atoms with Crippen molar-refractivity contribution in [3.8, 4) is 5.75 Å². The Morgan fingerprint density at radius 1 is 1.00 bits per heavy atom. The maximum absolute atomic E-state index is 12.8. The molecule has 1 aliphatic rings. The minimum Gasteiger partial charge on any atom is -0.404 e. The normalized spacial score (nSPS) is 16.4. The van der Waals surface area contributed by atoms with Gasteiger partial charge in [0.15, 0.2) is 5.82 Å². The number of halogens is 3. The SMILES string of the molecule is Cc1ccc(N2CCN(S(=O)(=O)c3ccccc3OC(F)(F)F)CC2)nn1. The van der Waals surface area contributed by atoms with E-state index in [0.717, 1.165) is 22.1 Å². The van der Waals surface area contributed by atoms with Crippen molar-refractivity contribution in [3.05, 3.63) is 42.1 Å². The molecule has 0 amide bonds. The Bertz CT molecular complexity index is 896. The molecule has 27 heavy (non-hydrogen) atoms. The number of benzene rings is 1. The molecule has 146 valence electrons. The second-order valence-electron chi connectivity index (χ2n) is 5.92. The zero-order chi connectivity index (χ0) is 19.7. The highest BCUT2D eigenvalue weighted by atomic mass is 32.2. The van der Waals surface area contributed by atoms with E-state index < -0.39 is 27.0 Å². The van der Waals surface area contributed by atoms with Crippen molar-refractivity contribution in [3.63, 3.8) is 0 Å². The fourth-order valence-corrected chi connectivity index (χ4v) is 4.27. The summed E-state index contributed by atoms with van der Waals surface area (Å²) in [6.07, 6.45) is -4.98. The van der Waals surface area contributed by atoms with E-state index in [1.54, 1.807) is 12.1 Å². The van der Waals surface area contributed by atoms with E-state index in [9.17, 15) is 21.6 Å². The van der Waals surface area contributed by atoms with Gasteiger partial charge in [-0.05, 0) is 31.2 Å². The highest BCUT2D eigenvalue weighted by Crippen LogP contribution is 2.31. The first kappa shape index (κ1) is 19.4. The van der Waals surface area contributed by atoms with Gasteiger partial charge in [-0.3, -0.25) is 0 Å². The van der Waals surface area contributed by atoms with Crippen LogP contribution in [0.1, 0.15) is 5.69 Å². The number of alkyl halides is 3. The molecule has 1 fully saturated rings. The van der Waals surface area contributed by atoms with Crippen LogP contribution in [0.25, 0.3) is 0 Å². The monoisotopic (exact) mass is 402 g/mol. The number of hydrogen-bond donors (Lipinski definition) is 0. The van der Waals surface area contributed by atoms with E-state index in [4.69, 9.17) is 0 Å². The molecule has 7 nitrogen and oxygen atoms in total. The van der Waals surface area contributed by atoms with Gasteiger partial charge in [-0.25, -0.2) is 8.42 Å². The third-order valence-electron chi connectivity index (χ3n) is 4.04. The standard InChI is InChI=1S/C16H17F3N4O3S/c1-12-6-7-15(21-20-12)22-8-10-23(11-9-22)27(24,25)14-5-3-2-4-13(14)26-16(17,18)19/h2-7H,8-11H2,1H3. The van der Waals surface area contributed by atoms with Crippen LogP contribution < -0.4 is 9.64 Å². The predicted octanol–water partition coefficient (Wildman–Crippen LogP) is 2.19. The first-order chi connectivity index (χ1) is 12.7. The van der Waals surface area contributed by atoms with Crippen LogP contribution in [0.2, 0.25) is 0 Å². The quantitative estimate of drug-likeness (QED) is 0.781. The van der Waals surface area contributed by atoms with E-state index >= 15 is 0 Å². The minimum absolute atomic E-state index is 0.109. The Labute approximate surface area is 154 Å². The topological polar surface area (TPSA) is 75.6 Å². The molecule has 1 saturated heterocycles. The highest BCUT2D eigenvalue weighted by molar-refractivity contribution is 7.89. The Morgan fingerprint density at radius 3 is 2.26 bits per heavy atom. The molecule has 0 N–H and O–H groups in total. The van der Waals surface area contributed by atoms with Crippen LogP contribution in [0, 0.1) is 6.92 Å². The summed E-state index contributed by atoms with van der Waals surface area (Å²) in [4.78, 5) is 1.36. The smallest absolute Gasteiger partial charge is 0.404 e. The van der Waals surface area contributed by atoms with E-state index in [1.165, 1.54) is 12.1 Å². The van der Waals surface area contributed by atoms with E-state index in [2.05, 4.69) is 14.9 Å². The number of hydrogen-bond acceptors (Lipinski definition) is 6. The van der Waals surface area contributed by atoms with Crippen LogP contribution in [0.3, 0.4) is 0 Å². The second-order valence-corrected chi connectivity index (χ2v) is 7.82. The molecule has 1 aromatic heterocycles. The maximum Gasteiger partial charge on any atom is 0.573 e. The number of anilines is 1. The maximum atomic E-state index is 12.8. The lowest BCUT2D eigenvalue weighted by Crippen LogP contribution is -2.49. The van der Waals surface area contributed by atoms with E-state index in [-0.39, 0.29) is 13.1 Å².